The quantitative estimate of drug-likeness (QED) is 0.364. The Labute approximate surface area is 206 Å². The molecule has 3 aromatic carbocycles. The maximum atomic E-state index is 13.6. The molecule has 180 valence electrons. The van der Waals surface area contributed by atoms with Crippen molar-refractivity contribution in [3.63, 3.8) is 0 Å². The molecule has 5 nitrogen and oxygen atoms in total. The fourth-order valence-electron chi connectivity index (χ4n) is 4.99. The van der Waals surface area contributed by atoms with E-state index >= 15 is 0 Å². The van der Waals surface area contributed by atoms with Gasteiger partial charge in [-0.25, -0.2) is 8.78 Å². The summed E-state index contributed by atoms with van der Waals surface area (Å²) in [5.74, 6) is -1.55. The molecule has 0 amide bonds. The van der Waals surface area contributed by atoms with Gasteiger partial charge in [0.2, 0.25) is 0 Å². The van der Waals surface area contributed by atoms with Crippen LogP contribution in [0.2, 0.25) is 5.02 Å². The number of carboxylic acid groups (broad SMARTS) is 1. The van der Waals surface area contributed by atoms with Gasteiger partial charge in [-0.15, -0.1) is 0 Å². The van der Waals surface area contributed by atoms with Crippen molar-refractivity contribution in [2.45, 2.75) is 12.1 Å². The van der Waals surface area contributed by atoms with Crippen molar-refractivity contribution in [1.82, 2.24) is 14.8 Å². The van der Waals surface area contributed by atoms with Crippen molar-refractivity contribution in [3.8, 4) is 0 Å². The Morgan fingerprint density at radius 2 is 1.40 bits per heavy atom. The highest BCUT2D eigenvalue weighted by molar-refractivity contribution is 6.31. The van der Waals surface area contributed by atoms with E-state index in [1.54, 1.807) is 42.6 Å². The third-order valence-corrected chi connectivity index (χ3v) is 6.89. The summed E-state index contributed by atoms with van der Waals surface area (Å²) in [6, 6.07) is 17.0. The van der Waals surface area contributed by atoms with Gasteiger partial charge < -0.3 is 10.1 Å². The number of hydrogen-bond acceptors (Lipinski definition) is 3. The van der Waals surface area contributed by atoms with E-state index in [1.807, 2.05) is 11.0 Å². The molecule has 0 unspecified atom stereocenters. The van der Waals surface area contributed by atoms with E-state index < -0.39 is 12.0 Å². The maximum absolute atomic E-state index is 13.6. The number of carboxylic acids is 1. The molecular formula is C27H24ClF2N3O2. The Kier molecular flexibility index (Phi) is 6.56. The number of aromatic amines is 1. The van der Waals surface area contributed by atoms with E-state index in [2.05, 4.69) is 9.88 Å². The van der Waals surface area contributed by atoms with Gasteiger partial charge in [-0.2, -0.15) is 0 Å². The number of rotatable bonds is 6. The molecule has 1 aliphatic heterocycles. The Bertz CT molecular complexity index is 1290. The first-order chi connectivity index (χ1) is 16.9. The molecule has 0 saturated carbocycles. The normalized spacial score (nSPS) is 16.1. The number of aliphatic carboxylic acids is 1. The molecule has 0 bridgehead atoms. The van der Waals surface area contributed by atoms with Crippen molar-refractivity contribution in [2.24, 2.45) is 0 Å². The number of nitrogens with zero attached hydrogens (tertiary/aromatic N) is 2. The van der Waals surface area contributed by atoms with E-state index in [4.69, 9.17) is 11.6 Å². The van der Waals surface area contributed by atoms with Crippen LogP contribution in [0.25, 0.3) is 10.9 Å². The van der Waals surface area contributed by atoms with Crippen molar-refractivity contribution in [2.75, 3.05) is 26.2 Å². The van der Waals surface area contributed by atoms with Crippen molar-refractivity contribution < 1.29 is 18.7 Å². The van der Waals surface area contributed by atoms with Crippen LogP contribution in [0.5, 0.6) is 0 Å². The molecule has 1 fully saturated rings. The molecule has 1 aliphatic rings. The number of piperazine rings is 1. The first-order valence-corrected chi connectivity index (χ1v) is 11.8. The van der Waals surface area contributed by atoms with Gasteiger partial charge in [0.15, 0.2) is 0 Å². The fourth-order valence-corrected chi connectivity index (χ4v) is 5.16. The van der Waals surface area contributed by atoms with Crippen molar-refractivity contribution in [3.05, 3.63) is 106 Å². The molecule has 4 aromatic rings. The van der Waals surface area contributed by atoms with E-state index in [9.17, 15) is 18.7 Å². The largest absolute Gasteiger partial charge is 0.480 e. The Balaban J connectivity index is 1.40. The van der Waals surface area contributed by atoms with Gasteiger partial charge >= 0.3 is 5.97 Å². The van der Waals surface area contributed by atoms with Crippen LogP contribution < -0.4 is 0 Å². The first-order valence-electron chi connectivity index (χ1n) is 11.4. The SMILES string of the molecule is O=C(O)[C@@H](c1c[nH]c2cc(Cl)ccc12)N1CCN(C(c2ccc(F)cc2)c2ccc(F)cc2)CC1. The second kappa shape index (κ2) is 9.77. The summed E-state index contributed by atoms with van der Waals surface area (Å²) in [6.07, 6.45) is 1.74. The fraction of sp³-hybridized carbons (Fsp3) is 0.222. The topological polar surface area (TPSA) is 59.6 Å². The van der Waals surface area contributed by atoms with Gasteiger partial charge in [-0.3, -0.25) is 14.6 Å². The van der Waals surface area contributed by atoms with Crippen LogP contribution in [-0.4, -0.2) is 52.0 Å². The smallest absolute Gasteiger partial charge is 0.325 e. The Morgan fingerprint density at radius 1 is 0.857 bits per heavy atom. The summed E-state index contributed by atoms with van der Waals surface area (Å²) >= 11 is 6.09. The molecule has 2 heterocycles. The van der Waals surface area contributed by atoms with Crippen molar-refractivity contribution in [1.29, 1.82) is 0 Å². The van der Waals surface area contributed by atoms with Gasteiger partial charge in [0, 0.05) is 53.9 Å². The van der Waals surface area contributed by atoms with Gasteiger partial charge in [-0.05, 0) is 47.5 Å². The molecule has 5 rings (SSSR count). The van der Waals surface area contributed by atoms with E-state index in [-0.39, 0.29) is 17.7 Å². The van der Waals surface area contributed by atoms with Crippen molar-refractivity contribution >= 4 is 28.5 Å². The molecular weight excluding hydrogens is 472 g/mol. The number of benzene rings is 3. The molecule has 2 N–H and O–H groups in total. The summed E-state index contributed by atoms with van der Waals surface area (Å²) in [6.45, 7) is 2.24. The lowest BCUT2D eigenvalue weighted by Crippen LogP contribution is -2.50. The van der Waals surface area contributed by atoms with Crippen LogP contribution in [-0.2, 0) is 4.79 Å². The molecule has 1 aromatic heterocycles. The zero-order chi connectivity index (χ0) is 24.5. The minimum Gasteiger partial charge on any atom is -0.480 e. The number of carbonyl (C=O) groups is 1. The number of aromatic nitrogens is 1. The summed E-state index contributed by atoms with van der Waals surface area (Å²) in [5, 5.41) is 11.5. The predicted molar refractivity (Wildman–Crippen MR) is 131 cm³/mol. The molecule has 0 spiro atoms. The molecule has 1 atom stereocenters. The monoisotopic (exact) mass is 495 g/mol. The lowest BCUT2D eigenvalue weighted by molar-refractivity contribution is -0.144. The maximum Gasteiger partial charge on any atom is 0.325 e. The van der Waals surface area contributed by atoms with E-state index in [0.29, 0.717) is 36.8 Å². The average molecular weight is 496 g/mol. The number of nitrogens with one attached hydrogen (secondary N) is 1. The average Bonchev–Trinajstić information content (AvgIpc) is 3.25. The van der Waals surface area contributed by atoms with Crippen LogP contribution in [0.4, 0.5) is 8.78 Å². The lowest BCUT2D eigenvalue weighted by Gasteiger charge is -2.41. The molecule has 0 aliphatic carbocycles. The molecule has 35 heavy (non-hydrogen) atoms. The zero-order valence-electron chi connectivity index (χ0n) is 18.8. The lowest BCUT2D eigenvalue weighted by atomic mass is 9.95. The third-order valence-electron chi connectivity index (χ3n) is 6.65. The Hall–Kier alpha value is -3.26. The summed E-state index contributed by atoms with van der Waals surface area (Å²) < 4.78 is 27.2. The van der Waals surface area contributed by atoms with Crippen LogP contribution in [0.3, 0.4) is 0 Å². The predicted octanol–water partition coefficient (Wildman–Crippen LogP) is 5.63. The number of H-pyrrole nitrogens is 1. The van der Waals surface area contributed by atoms with Crippen LogP contribution in [0.1, 0.15) is 28.8 Å². The molecule has 8 heteroatoms. The van der Waals surface area contributed by atoms with E-state index in [1.165, 1.54) is 24.3 Å². The minimum atomic E-state index is -0.914. The van der Waals surface area contributed by atoms with Gasteiger partial charge in [0.05, 0.1) is 6.04 Å². The Morgan fingerprint density at radius 3 is 1.94 bits per heavy atom. The third kappa shape index (κ3) is 4.80. The van der Waals surface area contributed by atoms with Gasteiger partial charge in [-0.1, -0.05) is 41.9 Å². The molecule has 0 radical (unpaired) electrons. The highest BCUT2D eigenvalue weighted by Crippen LogP contribution is 2.34. The second-order valence-corrected chi connectivity index (χ2v) is 9.19. The standard InChI is InChI=1S/C27H24ClF2N3O2/c28-19-5-10-22-23(16-31-24(22)15-19)26(27(34)35)33-13-11-32(12-14-33)25(17-1-6-20(29)7-2-17)18-3-8-21(30)9-4-18/h1-10,15-16,25-26,31H,11-14H2,(H,34,35)/t26-/m1/s1. The van der Waals surface area contributed by atoms with E-state index in [0.717, 1.165) is 22.0 Å². The second-order valence-electron chi connectivity index (χ2n) is 8.75. The van der Waals surface area contributed by atoms with Crippen LogP contribution >= 0.6 is 11.6 Å². The number of halogens is 3. The summed E-state index contributed by atoms with van der Waals surface area (Å²) in [4.78, 5) is 19.7. The van der Waals surface area contributed by atoms with Gasteiger partial charge in [0.25, 0.3) is 0 Å². The number of hydrogen-bond donors (Lipinski definition) is 2. The van der Waals surface area contributed by atoms with Crippen LogP contribution in [0, 0.1) is 11.6 Å². The highest BCUT2D eigenvalue weighted by Gasteiger charge is 2.34. The number of fused-ring (bicyclic) bond motifs is 1. The summed E-state index contributed by atoms with van der Waals surface area (Å²) in [7, 11) is 0. The molecule has 1 saturated heterocycles. The van der Waals surface area contributed by atoms with Crippen LogP contribution in [0.15, 0.2) is 72.9 Å². The summed E-state index contributed by atoms with van der Waals surface area (Å²) in [5.41, 5.74) is 3.29. The first kappa shape index (κ1) is 23.5. The minimum absolute atomic E-state index is 0.197. The zero-order valence-corrected chi connectivity index (χ0v) is 19.6. The highest BCUT2D eigenvalue weighted by atomic mass is 35.5. The van der Waals surface area contributed by atoms with Gasteiger partial charge in [0.1, 0.15) is 17.7 Å².